The molecule has 1 heterocycles. The lowest BCUT2D eigenvalue weighted by molar-refractivity contribution is -0.222. The summed E-state index contributed by atoms with van der Waals surface area (Å²) in [5, 5.41) is 2.91. The molecule has 0 aliphatic carbocycles. The van der Waals surface area contributed by atoms with Gasteiger partial charge in [-0.15, -0.1) is 0 Å². The van der Waals surface area contributed by atoms with E-state index < -0.39 is 23.7 Å². The molecule has 1 fully saturated rings. The second-order valence-corrected chi connectivity index (χ2v) is 6.83. The van der Waals surface area contributed by atoms with E-state index in [4.69, 9.17) is 18.9 Å². The Labute approximate surface area is 173 Å². The summed E-state index contributed by atoms with van der Waals surface area (Å²) in [5.74, 6) is -2.82. The van der Waals surface area contributed by atoms with Crippen molar-refractivity contribution < 1.29 is 33.3 Å². The Kier molecular flexibility index (Phi) is 5.77. The van der Waals surface area contributed by atoms with Gasteiger partial charge in [0.1, 0.15) is 5.75 Å². The fourth-order valence-electron chi connectivity index (χ4n) is 2.95. The second-order valence-electron chi connectivity index (χ2n) is 6.83. The van der Waals surface area contributed by atoms with Crippen LogP contribution in [0.15, 0.2) is 54.2 Å². The first-order chi connectivity index (χ1) is 14.3. The fourth-order valence-corrected chi connectivity index (χ4v) is 2.95. The molecular formula is C22H21NO7. The summed E-state index contributed by atoms with van der Waals surface area (Å²) in [4.78, 5) is 36.7. The lowest BCUT2D eigenvalue weighted by Crippen LogP contribution is -2.42. The number of ether oxygens (including phenoxy) is 4. The van der Waals surface area contributed by atoms with E-state index in [2.05, 4.69) is 5.32 Å². The van der Waals surface area contributed by atoms with Crippen LogP contribution >= 0.6 is 0 Å². The number of carbonyl (C=O) groups is 3. The average Bonchev–Trinajstić information content (AvgIpc) is 2.71. The standard InChI is InChI=1S/C22H21NO7/c1-22(2)29-20(25)16(21(26)30-22)12-23-17-7-5-6-15(19(24)28-4)18(17)13-8-10-14(27-3)11-9-13/h5-12,23H,1-4H3. The van der Waals surface area contributed by atoms with Crippen LogP contribution in [0.25, 0.3) is 11.1 Å². The first-order valence-corrected chi connectivity index (χ1v) is 9.05. The number of esters is 3. The van der Waals surface area contributed by atoms with E-state index in [1.54, 1.807) is 49.6 Å². The Balaban J connectivity index is 2.03. The monoisotopic (exact) mass is 411 g/mol. The Bertz CT molecular complexity index is 1000. The number of methoxy groups -OCH3 is 2. The van der Waals surface area contributed by atoms with E-state index in [0.29, 0.717) is 28.1 Å². The maximum atomic E-state index is 12.3. The topological polar surface area (TPSA) is 100 Å². The molecule has 0 amide bonds. The van der Waals surface area contributed by atoms with Gasteiger partial charge in [0, 0.05) is 31.3 Å². The minimum absolute atomic E-state index is 0.293. The van der Waals surface area contributed by atoms with Gasteiger partial charge in [0.25, 0.3) is 5.79 Å². The van der Waals surface area contributed by atoms with Gasteiger partial charge < -0.3 is 24.3 Å². The molecule has 1 aliphatic heterocycles. The molecule has 0 radical (unpaired) electrons. The van der Waals surface area contributed by atoms with Crippen molar-refractivity contribution in [2.75, 3.05) is 19.5 Å². The first-order valence-electron chi connectivity index (χ1n) is 9.05. The molecule has 0 bridgehead atoms. The normalized spacial score (nSPS) is 15.0. The van der Waals surface area contributed by atoms with Gasteiger partial charge in [-0.3, -0.25) is 0 Å². The molecule has 1 saturated heterocycles. The zero-order valence-electron chi connectivity index (χ0n) is 17.0. The van der Waals surface area contributed by atoms with E-state index in [-0.39, 0.29) is 5.57 Å². The van der Waals surface area contributed by atoms with Crippen molar-refractivity contribution in [3.8, 4) is 16.9 Å². The summed E-state index contributed by atoms with van der Waals surface area (Å²) in [6.45, 7) is 2.93. The highest BCUT2D eigenvalue weighted by atomic mass is 16.7. The quantitative estimate of drug-likeness (QED) is 0.455. The summed E-state index contributed by atoms with van der Waals surface area (Å²) < 4.78 is 20.2. The fraction of sp³-hybridized carbons (Fsp3) is 0.227. The Morgan fingerprint density at radius 3 is 2.20 bits per heavy atom. The van der Waals surface area contributed by atoms with Crippen molar-refractivity contribution in [3.63, 3.8) is 0 Å². The van der Waals surface area contributed by atoms with Gasteiger partial charge in [-0.1, -0.05) is 18.2 Å². The van der Waals surface area contributed by atoms with E-state index in [9.17, 15) is 14.4 Å². The number of nitrogens with one attached hydrogen (secondary N) is 1. The molecular weight excluding hydrogens is 390 g/mol. The van der Waals surface area contributed by atoms with Crippen LogP contribution in [0.2, 0.25) is 0 Å². The maximum Gasteiger partial charge on any atom is 0.350 e. The highest BCUT2D eigenvalue weighted by Crippen LogP contribution is 2.34. The number of hydrogen-bond acceptors (Lipinski definition) is 8. The van der Waals surface area contributed by atoms with Gasteiger partial charge in [0.15, 0.2) is 5.57 Å². The highest BCUT2D eigenvalue weighted by molar-refractivity contribution is 6.15. The van der Waals surface area contributed by atoms with E-state index in [0.717, 1.165) is 0 Å². The zero-order valence-corrected chi connectivity index (χ0v) is 17.0. The molecule has 3 rings (SSSR count). The first kappa shape index (κ1) is 20.9. The molecule has 0 saturated carbocycles. The minimum Gasteiger partial charge on any atom is -0.497 e. The summed E-state index contributed by atoms with van der Waals surface area (Å²) in [6, 6.07) is 12.0. The predicted octanol–water partition coefficient (Wildman–Crippen LogP) is 3.28. The number of rotatable bonds is 5. The molecule has 2 aromatic rings. The molecule has 8 nitrogen and oxygen atoms in total. The molecule has 0 spiro atoms. The van der Waals surface area contributed by atoms with E-state index in [1.807, 2.05) is 0 Å². The van der Waals surface area contributed by atoms with Gasteiger partial charge in [-0.05, 0) is 29.8 Å². The lowest BCUT2D eigenvalue weighted by atomic mass is 9.97. The molecule has 0 aromatic heterocycles. The van der Waals surface area contributed by atoms with Gasteiger partial charge in [0.2, 0.25) is 0 Å². The summed E-state index contributed by atoms with van der Waals surface area (Å²) >= 11 is 0. The van der Waals surface area contributed by atoms with Crippen LogP contribution < -0.4 is 10.1 Å². The Hall–Kier alpha value is -3.81. The van der Waals surface area contributed by atoms with Crippen LogP contribution in [-0.4, -0.2) is 37.9 Å². The summed E-state index contributed by atoms with van der Waals surface area (Å²) in [7, 11) is 2.85. The smallest absolute Gasteiger partial charge is 0.350 e. The number of cyclic esters (lactones) is 2. The van der Waals surface area contributed by atoms with Crippen LogP contribution in [0.3, 0.4) is 0 Å². The van der Waals surface area contributed by atoms with Crippen LogP contribution in [0, 0.1) is 0 Å². The van der Waals surface area contributed by atoms with Crippen LogP contribution in [0.4, 0.5) is 5.69 Å². The van der Waals surface area contributed by atoms with Crippen molar-refractivity contribution in [2.45, 2.75) is 19.6 Å². The number of hydrogen-bond donors (Lipinski definition) is 1. The Morgan fingerprint density at radius 2 is 1.63 bits per heavy atom. The number of anilines is 1. The molecule has 156 valence electrons. The van der Waals surface area contributed by atoms with E-state index >= 15 is 0 Å². The molecule has 30 heavy (non-hydrogen) atoms. The van der Waals surface area contributed by atoms with E-state index in [1.165, 1.54) is 27.2 Å². The maximum absolute atomic E-state index is 12.3. The van der Waals surface area contributed by atoms with Crippen molar-refractivity contribution in [1.82, 2.24) is 0 Å². The minimum atomic E-state index is -1.33. The van der Waals surface area contributed by atoms with Crippen molar-refractivity contribution in [2.24, 2.45) is 0 Å². The highest BCUT2D eigenvalue weighted by Gasteiger charge is 2.39. The lowest BCUT2D eigenvalue weighted by Gasteiger charge is -2.29. The van der Waals surface area contributed by atoms with Crippen molar-refractivity contribution >= 4 is 23.6 Å². The molecule has 0 atom stereocenters. The van der Waals surface area contributed by atoms with Gasteiger partial charge in [0.05, 0.1) is 19.8 Å². The van der Waals surface area contributed by atoms with Gasteiger partial charge >= 0.3 is 17.9 Å². The van der Waals surface area contributed by atoms with Crippen molar-refractivity contribution in [1.29, 1.82) is 0 Å². The molecule has 0 unspecified atom stereocenters. The third kappa shape index (κ3) is 4.27. The van der Waals surface area contributed by atoms with Crippen LogP contribution in [0.1, 0.15) is 24.2 Å². The van der Waals surface area contributed by atoms with Gasteiger partial charge in [-0.25, -0.2) is 14.4 Å². The number of carbonyl (C=O) groups excluding carboxylic acids is 3. The Morgan fingerprint density at radius 1 is 1.00 bits per heavy atom. The molecule has 1 aliphatic rings. The molecule has 1 N–H and O–H groups in total. The SMILES string of the molecule is COC(=O)c1cccc(NC=C2C(=O)OC(C)(C)OC2=O)c1-c1ccc(OC)cc1. The molecule has 2 aromatic carbocycles. The molecule has 8 heteroatoms. The zero-order chi connectivity index (χ0) is 21.9. The number of benzene rings is 2. The van der Waals surface area contributed by atoms with Gasteiger partial charge in [-0.2, -0.15) is 0 Å². The third-order valence-corrected chi connectivity index (χ3v) is 4.34. The second kappa shape index (κ2) is 8.28. The summed E-state index contributed by atoms with van der Waals surface area (Å²) in [5.41, 5.74) is 1.72. The third-order valence-electron chi connectivity index (χ3n) is 4.34. The average molecular weight is 411 g/mol. The van der Waals surface area contributed by atoms with Crippen LogP contribution in [0.5, 0.6) is 5.75 Å². The summed E-state index contributed by atoms with van der Waals surface area (Å²) in [6.07, 6.45) is 1.20. The van der Waals surface area contributed by atoms with Crippen LogP contribution in [-0.2, 0) is 23.8 Å². The largest absolute Gasteiger partial charge is 0.497 e. The predicted molar refractivity (Wildman–Crippen MR) is 108 cm³/mol. The van der Waals surface area contributed by atoms with Crippen molar-refractivity contribution in [3.05, 3.63) is 59.8 Å².